The van der Waals surface area contributed by atoms with Crippen LogP contribution in [0, 0.1) is 0 Å². The molecule has 0 aromatic heterocycles. The molecule has 0 bridgehead atoms. The van der Waals surface area contributed by atoms with Gasteiger partial charge in [-0.2, -0.15) is 0 Å². The van der Waals surface area contributed by atoms with E-state index in [1.807, 2.05) is 54.6 Å². The largest absolute Gasteiger partial charge is 0.487 e. The van der Waals surface area contributed by atoms with Crippen molar-refractivity contribution in [2.75, 3.05) is 13.1 Å². The Kier molecular flexibility index (Phi) is 8.22. The minimum Gasteiger partial charge on any atom is -0.487 e. The lowest BCUT2D eigenvalue weighted by atomic mass is 9.91. The van der Waals surface area contributed by atoms with Crippen molar-refractivity contribution in [1.82, 2.24) is 4.90 Å². The van der Waals surface area contributed by atoms with Crippen LogP contribution in [-0.4, -0.2) is 40.6 Å². The molecule has 0 aliphatic carbocycles. The molecule has 0 saturated heterocycles. The Morgan fingerprint density at radius 3 is 2.39 bits per heavy atom. The minimum absolute atomic E-state index is 0.177. The first kappa shape index (κ1) is 26.1. The summed E-state index contributed by atoms with van der Waals surface area (Å²) in [4.78, 5) is 25.7. The molecule has 0 radical (unpaired) electrons. The molecule has 1 N–H and O–H groups in total. The Balaban J connectivity index is 1.35. The average molecular weight is 526 g/mol. The number of rotatable bonds is 10. The summed E-state index contributed by atoms with van der Waals surface area (Å²) in [6.45, 7) is 2.11. The van der Waals surface area contributed by atoms with E-state index in [9.17, 15) is 14.7 Å². The number of hydrogen-bond donors (Lipinski definition) is 1. The van der Waals surface area contributed by atoms with E-state index >= 15 is 0 Å². The van der Waals surface area contributed by atoms with E-state index in [4.69, 9.17) is 27.9 Å². The predicted octanol–water partition coefficient (Wildman–Crippen LogP) is 6.02. The maximum absolute atomic E-state index is 12.9. The van der Waals surface area contributed by atoms with E-state index in [2.05, 4.69) is 13.0 Å². The van der Waals surface area contributed by atoms with Crippen LogP contribution in [0.4, 0.5) is 0 Å². The molecule has 1 atom stereocenters. The Labute approximate surface area is 221 Å². The van der Waals surface area contributed by atoms with Crippen molar-refractivity contribution in [3.63, 3.8) is 0 Å². The maximum atomic E-state index is 12.9. The summed E-state index contributed by atoms with van der Waals surface area (Å²) >= 11 is 12.0. The molecule has 0 saturated carbocycles. The van der Waals surface area contributed by atoms with Crippen LogP contribution in [-0.2, 0) is 35.3 Å². The van der Waals surface area contributed by atoms with Gasteiger partial charge in [0, 0.05) is 35.9 Å². The number of carbonyl (C=O) groups excluding carboxylic acids is 1. The second-order valence-electron chi connectivity index (χ2n) is 9.56. The molecule has 0 spiro atoms. The van der Waals surface area contributed by atoms with Crippen LogP contribution >= 0.6 is 23.2 Å². The standard InChI is InChI=1S/C29H29Cl2NO4/c1-29(17-22-5-9-24(30)10-6-22)18-23-15-21(7-11-26(23)36-29)8-12-27(33)32(19-28(34)35)14-13-20-3-2-4-25(31)16-20/h2-7,9-11,15-16H,8,12-14,17-19H2,1H3,(H,34,35). The number of hydrogen-bond acceptors (Lipinski definition) is 3. The number of carbonyl (C=O) groups is 2. The quantitative estimate of drug-likeness (QED) is 0.351. The molecule has 36 heavy (non-hydrogen) atoms. The molecule has 1 aliphatic rings. The molecule has 4 rings (SSSR count). The highest BCUT2D eigenvalue weighted by atomic mass is 35.5. The molecule has 1 unspecified atom stereocenters. The van der Waals surface area contributed by atoms with Gasteiger partial charge in [0.15, 0.2) is 0 Å². The molecule has 5 nitrogen and oxygen atoms in total. The van der Waals surface area contributed by atoms with Gasteiger partial charge in [0.25, 0.3) is 0 Å². The van der Waals surface area contributed by atoms with Crippen molar-refractivity contribution in [2.24, 2.45) is 0 Å². The Hall–Kier alpha value is -3.02. The molecule has 7 heteroatoms. The second-order valence-corrected chi connectivity index (χ2v) is 10.4. The average Bonchev–Trinajstić information content (AvgIpc) is 3.16. The topological polar surface area (TPSA) is 66.8 Å². The number of halogens is 2. The van der Waals surface area contributed by atoms with E-state index in [0.717, 1.165) is 40.8 Å². The zero-order valence-corrected chi connectivity index (χ0v) is 21.7. The van der Waals surface area contributed by atoms with Gasteiger partial charge >= 0.3 is 5.97 Å². The van der Waals surface area contributed by atoms with Crippen molar-refractivity contribution >= 4 is 35.1 Å². The molecule has 1 aliphatic heterocycles. The fourth-order valence-corrected chi connectivity index (χ4v) is 5.02. The second kappa shape index (κ2) is 11.4. The summed E-state index contributed by atoms with van der Waals surface area (Å²) in [6, 6.07) is 21.2. The Morgan fingerprint density at radius 1 is 0.944 bits per heavy atom. The lowest BCUT2D eigenvalue weighted by Gasteiger charge is -2.24. The van der Waals surface area contributed by atoms with Crippen LogP contribution in [0.2, 0.25) is 10.0 Å². The summed E-state index contributed by atoms with van der Waals surface area (Å²) < 4.78 is 6.29. The zero-order chi connectivity index (χ0) is 25.7. The fourth-order valence-electron chi connectivity index (χ4n) is 4.68. The number of carboxylic acids is 1. The van der Waals surface area contributed by atoms with E-state index in [1.54, 1.807) is 6.07 Å². The highest BCUT2D eigenvalue weighted by molar-refractivity contribution is 6.30. The molecule has 3 aromatic rings. The van der Waals surface area contributed by atoms with Crippen LogP contribution < -0.4 is 4.74 Å². The van der Waals surface area contributed by atoms with E-state index in [1.165, 1.54) is 4.90 Å². The minimum atomic E-state index is -1.02. The first-order valence-corrected chi connectivity index (χ1v) is 12.7. The fraction of sp³-hybridized carbons (Fsp3) is 0.310. The van der Waals surface area contributed by atoms with Gasteiger partial charge < -0.3 is 14.7 Å². The lowest BCUT2D eigenvalue weighted by Crippen LogP contribution is -2.37. The van der Waals surface area contributed by atoms with Gasteiger partial charge in [-0.05, 0) is 72.4 Å². The highest BCUT2D eigenvalue weighted by Gasteiger charge is 2.35. The summed E-state index contributed by atoms with van der Waals surface area (Å²) in [7, 11) is 0. The SMILES string of the molecule is CC1(Cc2ccc(Cl)cc2)Cc2cc(CCC(=O)N(CCc3cccc(Cl)c3)CC(=O)O)ccc2O1. The van der Waals surface area contributed by atoms with Crippen LogP contribution in [0.3, 0.4) is 0 Å². The smallest absolute Gasteiger partial charge is 0.323 e. The van der Waals surface area contributed by atoms with E-state index in [0.29, 0.717) is 29.4 Å². The van der Waals surface area contributed by atoms with Crippen molar-refractivity contribution < 1.29 is 19.4 Å². The number of aryl methyl sites for hydroxylation is 1. The van der Waals surface area contributed by atoms with Gasteiger partial charge in [0.1, 0.15) is 17.9 Å². The van der Waals surface area contributed by atoms with Gasteiger partial charge in [0.05, 0.1) is 0 Å². The maximum Gasteiger partial charge on any atom is 0.323 e. The van der Waals surface area contributed by atoms with Gasteiger partial charge in [-0.3, -0.25) is 9.59 Å². The predicted molar refractivity (Wildman–Crippen MR) is 142 cm³/mol. The van der Waals surface area contributed by atoms with Crippen molar-refractivity contribution in [1.29, 1.82) is 0 Å². The van der Waals surface area contributed by atoms with Gasteiger partial charge in [-0.1, -0.05) is 59.6 Å². The van der Waals surface area contributed by atoms with Crippen LogP contribution in [0.5, 0.6) is 5.75 Å². The number of nitrogens with zero attached hydrogens (tertiary/aromatic N) is 1. The normalized spacial score (nSPS) is 16.3. The third-order valence-corrected chi connectivity index (χ3v) is 6.89. The Bertz CT molecular complexity index is 1240. The van der Waals surface area contributed by atoms with Crippen LogP contribution in [0.25, 0.3) is 0 Å². The molecular weight excluding hydrogens is 497 g/mol. The molecule has 1 heterocycles. The summed E-state index contributed by atoms with van der Waals surface area (Å²) in [5.41, 5.74) is 3.94. The lowest BCUT2D eigenvalue weighted by molar-refractivity contribution is -0.144. The first-order chi connectivity index (χ1) is 17.2. The number of fused-ring (bicyclic) bond motifs is 1. The molecule has 3 aromatic carbocycles. The van der Waals surface area contributed by atoms with Crippen LogP contribution in [0.1, 0.15) is 35.6 Å². The Morgan fingerprint density at radius 2 is 1.67 bits per heavy atom. The van der Waals surface area contributed by atoms with Crippen molar-refractivity contribution in [3.05, 3.63) is 99.0 Å². The first-order valence-electron chi connectivity index (χ1n) is 12.0. The molecular formula is C29H29Cl2NO4. The summed E-state index contributed by atoms with van der Waals surface area (Å²) in [5, 5.41) is 10.6. The van der Waals surface area contributed by atoms with Gasteiger partial charge in [-0.25, -0.2) is 0 Å². The monoisotopic (exact) mass is 525 g/mol. The summed E-state index contributed by atoms with van der Waals surface area (Å²) in [5.74, 6) is -0.330. The van der Waals surface area contributed by atoms with Crippen LogP contribution in [0.15, 0.2) is 66.7 Å². The zero-order valence-electron chi connectivity index (χ0n) is 20.2. The molecule has 0 fully saturated rings. The summed E-state index contributed by atoms with van der Waals surface area (Å²) in [6.07, 6.45) is 2.86. The number of aliphatic carboxylic acids is 1. The van der Waals surface area contributed by atoms with E-state index in [-0.39, 0.29) is 24.5 Å². The number of ether oxygens (including phenoxy) is 1. The van der Waals surface area contributed by atoms with E-state index < -0.39 is 5.97 Å². The van der Waals surface area contributed by atoms with Gasteiger partial charge in [-0.15, -0.1) is 0 Å². The third kappa shape index (κ3) is 7.02. The van der Waals surface area contributed by atoms with Crippen molar-refractivity contribution in [2.45, 2.75) is 44.6 Å². The number of carboxylic acid groups (broad SMARTS) is 1. The number of benzene rings is 3. The van der Waals surface area contributed by atoms with Crippen molar-refractivity contribution in [3.8, 4) is 5.75 Å². The third-order valence-electron chi connectivity index (χ3n) is 6.40. The highest BCUT2D eigenvalue weighted by Crippen LogP contribution is 2.37. The molecule has 1 amide bonds. The number of amides is 1. The van der Waals surface area contributed by atoms with Gasteiger partial charge in [0.2, 0.25) is 5.91 Å². The molecule has 188 valence electrons.